The molecule has 1 aliphatic heterocycles. The van der Waals surface area contributed by atoms with Gasteiger partial charge in [-0.3, -0.25) is 9.59 Å². The number of aromatic nitrogens is 1. The van der Waals surface area contributed by atoms with Gasteiger partial charge >= 0.3 is 0 Å². The lowest BCUT2D eigenvalue weighted by Crippen LogP contribution is -2.37. The third kappa shape index (κ3) is 2.19. The van der Waals surface area contributed by atoms with E-state index in [-0.39, 0.29) is 11.1 Å². The van der Waals surface area contributed by atoms with Gasteiger partial charge in [0.25, 0.3) is 5.56 Å². The summed E-state index contributed by atoms with van der Waals surface area (Å²) in [6, 6.07) is 1.95. The van der Waals surface area contributed by atoms with Crippen molar-refractivity contribution in [3.05, 3.63) is 27.7 Å². The summed E-state index contributed by atoms with van der Waals surface area (Å²) in [6.45, 7) is 5.96. The average Bonchev–Trinajstić information content (AvgIpc) is 2.35. The zero-order valence-electron chi connectivity index (χ0n) is 11.3. The van der Waals surface area contributed by atoms with Crippen LogP contribution in [0.25, 0.3) is 0 Å². The molecule has 0 saturated carbocycles. The van der Waals surface area contributed by atoms with Crippen LogP contribution in [0.15, 0.2) is 10.9 Å². The molecule has 0 N–H and O–H groups in total. The van der Waals surface area contributed by atoms with Crippen LogP contribution < -0.4 is 10.5 Å². The maximum Gasteiger partial charge on any atom is 0.263 e. The Balaban J connectivity index is 2.49. The number of carbonyl (C=O) groups is 1. The average molecular weight is 248 g/mol. The Morgan fingerprint density at radius 1 is 1.44 bits per heavy atom. The number of carbonyl (C=O) groups excluding carboxylic acids is 1. The van der Waals surface area contributed by atoms with Gasteiger partial charge in [0.05, 0.1) is 5.69 Å². The van der Waals surface area contributed by atoms with E-state index in [1.807, 2.05) is 13.0 Å². The van der Waals surface area contributed by atoms with Crippen molar-refractivity contribution in [2.75, 3.05) is 18.0 Å². The van der Waals surface area contributed by atoms with Gasteiger partial charge in [-0.25, -0.2) is 0 Å². The number of rotatable bonds is 2. The molecule has 2 rings (SSSR count). The summed E-state index contributed by atoms with van der Waals surface area (Å²) in [6.07, 6.45) is 3.03. The topological polar surface area (TPSA) is 42.3 Å². The zero-order chi connectivity index (χ0) is 13.3. The van der Waals surface area contributed by atoms with Crippen LogP contribution in [0.5, 0.6) is 0 Å². The molecule has 0 aliphatic carbocycles. The van der Waals surface area contributed by atoms with E-state index in [1.165, 1.54) is 11.0 Å². The fraction of sp³-hybridized carbons (Fsp3) is 0.571. The van der Waals surface area contributed by atoms with Crippen molar-refractivity contribution in [2.24, 2.45) is 13.0 Å². The van der Waals surface area contributed by atoms with Gasteiger partial charge in [-0.1, -0.05) is 6.92 Å². The molecule has 1 fully saturated rings. The van der Waals surface area contributed by atoms with Crippen LogP contribution >= 0.6 is 0 Å². The molecule has 2 heterocycles. The largest absolute Gasteiger partial charge is 0.370 e. The molecule has 0 aromatic carbocycles. The van der Waals surface area contributed by atoms with Crippen LogP contribution in [-0.2, 0) is 7.05 Å². The predicted molar refractivity (Wildman–Crippen MR) is 72.4 cm³/mol. The van der Waals surface area contributed by atoms with Crippen molar-refractivity contribution >= 4 is 12.0 Å². The second-order valence-corrected chi connectivity index (χ2v) is 5.26. The molecule has 1 atom stereocenters. The summed E-state index contributed by atoms with van der Waals surface area (Å²) in [5, 5.41) is 0. The molecule has 1 aliphatic rings. The highest BCUT2D eigenvalue weighted by molar-refractivity contribution is 5.84. The summed E-state index contributed by atoms with van der Waals surface area (Å²) < 4.78 is 1.53. The monoisotopic (exact) mass is 248 g/mol. The molecular weight excluding hydrogens is 228 g/mol. The maximum atomic E-state index is 12.1. The van der Waals surface area contributed by atoms with Gasteiger partial charge in [-0.2, -0.15) is 0 Å². The van der Waals surface area contributed by atoms with E-state index >= 15 is 0 Å². The van der Waals surface area contributed by atoms with Crippen LogP contribution in [0.2, 0.25) is 0 Å². The Bertz CT molecular complexity index is 519. The SMILES string of the molecule is Cc1cc(N2CCCC(C)C2)c(C=O)c(=O)n1C. The van der Waals surface area contributed by atoms with Crippen molar-refractivity contribution in [2.45, 2.75) is 26.7 Å². The smallest absolute Gasteiger partial charge is 0.263 e. The Morgan fingerprint density at radius 3 is 2.78 bits per heavy atom. The highest BCUT2D eigenvalue weighted by Crippen LogP contribution is 2.24. The summed E-state index contributed by atoms with van der Waals surface area (Å²) in [5.41, 5.74) is 1.78. The van der Waals surface area contributed by atoms with Crippen LogP contribution in [-0.4, -0.2) is 23.9 Å². The summed E-state index contributed by atoms with van der Waals surface area (Å²) in [5.74, 6) is 0.614. The quantitative estimate of drug-likeness (QED) is 0.749. The van der Waals surface area contributed by atoms with Gasteiger partial charge in [0, 0.05) is 25.8 Å². The van der Waals surface area contributed by atoms with Crippen LogP contribution in [0, 0.1) is 12.8 Å². The number of hydrogen-bond donors (Lipinski definition) is 0. The second-order valence-electron chi connectivity index (χ2n) is 5.26. The summed E-state index contributed by atoms with van der Waals surface area (Å²) in [4.78, 5) is 25.4. The molecule has 0 spiro atoms. The fourth-order valence-electron chi connectivity index (χ4n) is 2.60. The molecule has 18 heavy (non-hydrogen) atoms. The maximum absolute atomic E-state index is 12.1. The molecule has 1 aromatic rings. The molecule has 98 valence electrons. The van der Waals surface area contributed by atoms with Gasteiger partial charge in [-0.15, -0.1) is 0 Å². The van der Waals surface area contributed by atoms with Gasteiger partial charge in [-0.05, 0) is 31.7 Å². The van der Waals surface area contributed by atoms with Crippen molar-refractivity contribution in [1.29, 1.82) is 0 Å². The Hall–Kier alpha value is -1.58. The van der Waals surface area contributed by atoms with E-state index in [0.717, 1.165) is 30.9 Å². The summed E-state index contributed by atoms with van der Waals surface area (Å²) >= 11 is 0. The van der Waals surface area contributed by atoms with Gasteiger partial charge in [0.1, 0.15) is 5.56 Å². The molecule has 0 amide bonds. The van der Waals surface area contributed by atoms with E-state index in [1.54, 1.807) is 7.05 Å². The molecule has 4 heteroatoms. The lowest BCUT2D eigenvalue weighted by Gasteiger charge is -2.33. The number of nitrogens with zero attached hydrogens (tertiary/aromatic N) is 2. The molecule has 1 unspecified atom stereocenters. The van der Waals surface area contributed by atoms with Gasteiger partial charge < -0.3 is 9.47 Å². The number of anilines is 1. The zero-order valence-corrected chi connectivity index (χ0v) is 11.3. The number of aldehydes is 1. The summed E-state index contributed by atoms with van der Waals surface area (Å²) in [7, 11) is 1.70. The van der Waals surface area contributed by atoms with Gasteiger partial charge in [0.15, 0.2) is 6.29 Å². The Labute approximate surface area is 107 Å². The molecule has 4 nitrogen and oxygen atoms in total. The Morgan fingerprint density at radius 2 is 2.17 bits per heavy atom. The normalized spacial score (nSPS) is 19.9. The first-order valence-corrected chi connectivity index (χ1v) is 6.45. The Kier molecular flexibility index (Phi) is 3.55. The van der Waals surface area contributed by atoms with Crippen molar-refractivity contribution in [3.63, 3.8) is 0 Å². The van der Waals surface area contributed by atoms with Gasteiger partial charge in [0.2, 0.25) is 0 Å². The van der Waals surface area contributed by atoms with E-state index in [0.29, 0.717) is 12.2 Å². The number of piperidine rings is 1. The molecule has 0 bridgehead atoms. The predicted octanol–water partition coefficient (Wildman–Crippen LogP) is 1.74. The van der Waals surface area contributed by atoms with E-state index < -0.39 is 0 Å². The first-order chi connectivity index (χ1) is 8.54. The van der Waals surface area contributed by atoms with Crippen LogP contribution in [0.3, 0.4) is 0 Å². The first kappa shape index (κ1) is 12.9. The fourth-order valence-corrected chi connectivity index (χ4v) is 2.60. The second kappa shape index (κ2) is 4.96. The third-order valence-corrected chi connectivity index (χ3v) is 3.80. The minimum Gasteiger partial charge on any atom is -0.370 e. The molecular formula is C14H20N2O2. The van der Waals surface area contributed by atoms with Crippen LogP contribution in [0.4, 0.5) is 5.69 Å². The number of aryl methyl sites for hydroxylation is 1. The highest BCUT2D eigenvalue weighted by atomic mass is 16.1. The highest BCUT2D eigenvalue weighted by Gasteiger charge is 2.21. The number of pyridine rings is 1. The molecule has 0 radical (unpaired) electrons. The molecule has 1 aromatic heterocycles. The van der Waals surface area contributed by atoms with Crippen molar-refractivity contribution in [3.8, 4) is 0 Å². The van der Waals surface area contributed by atoms with Crippen molar-refractivity contribution < 1.29 is 4.79 Å². The van der Waals surface area contributed by atoms with E-state index in [2.05, 4.69) is 11.8 Å². The van der Waals surface area contributed by atoms with E-state index in [9.17, 15) is 9.59 Å². The van der Waals surface area contributed by atoms with Crippen molar-refractivity contribution in [1.82, 2.24) is 4.57 Å². The van der Waals surface area contributed by atoms with E-state index in [4.69, 9.17) is 0 Å². The third-order valence-electron chi connectivity index (χ3n) is 3.80. The minimum atomic E-state index is -0.196. The lowest BCUT2D eigenvalue weighted by molar-refractivity contribution is 0.112. The first-order valence-electron chi connectivity index (χ1n) is 6.45. The molecule has 1 saturated heterocycles. The van der Waals surface area contributed by atoms with Crippen LogP contribution in [0.1, 0.15) is 35.8 Å². The lowest BCUT2D eigenvalue weighted by atomic mass is 9.99. The standard InChI is InChI=1S/C14H20N2O2/c1-10-5-4-6-16(8-10)13-7-11(2)15(3)14(18)12(13)9-17/h7,9-10H,4-6,8H2,1-3H3. The minimum absolute atomic E-state index is 0.196. The number of hydrogen-bond acceptors (Lipinski definition) is 3.